The van der Waals surface area contributed by atoms with Crippen molar-refractivity contribution in [2.75, 3.05) is 45.1 Å². The summed E-state index contributed by atoms with van der Waals surface area (Å²) in [5.74, 6) is 0.480. The number of H-pyrrole nitrogens is 1. The van der Waals surface area contributed by atoms with Gasteiger partial charge in [0, 0.05) is 74.0 Å². The second kappa shape index (κ2) is 11.8. The van der Waals surface area contributed by atoms with Gasteiger partial charge in [0.1, 0.15) is 17.8 Å². The number of anilines is 1. The number of rotatable bonds is 8. The molecular formula is C33H40N8O. The zero-order chi connectivity index (χ0) is 28.5. The molecule has 42 heavy (non-hydrogen) atoms. The molecule has 0 radical (unpaired) electrons. The highest BCUT2D eigenvalue weighted by molar-refractivity contribution is 6.00. The van der Waals surface area contributed by atoms with E-state index in [2.05, 4.69) is 84.0 Å². The van der Waals surface area contributed by atoms with E-state index < -0.39 is 0 Å². The summed E-state index contributed by atoms with van der Waals surface area (Å²) >= 11 is 0. The summed E-state index contributed by atoms with van der Waals surface area (Å²) in [4.78, 5) is 17.8. The third-order valence-corrected chi connectivity index (χ3v) is 9.27. The van der Waals surface area contributed by atoms with E-state index in [9.17, 15) is 0 Å². The zero-order valence-electron chi connectivity index (χ0n) is 24.1. The van der Waals surface area contributed by atoms with Gasteiger partial charge in [0.15, 0.2) is 5.65 Å². The molecule has 4 heterocycles. The van der Waals surface area contributed by atoms with Gasteiger partial charge < -0.3 is 20.7 Å². The van der Waals surface area contributed by atoms with Gasteiger partial charge in [-0.25, -0.2) is 14.6 Å². The van der Waals surface area contributed by atoms with Gasteiger partial charge in [-0.3, -0.25) is 4.90 Å². The maximum absolute atomic E-state index is 9.15. The molecule has 1 aliphatic heterocycles. The fourth-order valence-corrected chi connectivity index (χ4v) is 7.02. The van der Waals surface area contributed by atoms with Crippen LogP contribution in [0.5, 0.6) is 0 Å². The van der Waals surface area contributed by atoms with Crippen LogP contribution in [0.1, 0.15) is 49.4 Å². The van der Waals surface area contributed by atoms with Gasteiger partial charge in [-0.15, -0.1) is 0 Å². The van der Waals surface area contributed by atoms with Gasteiger partial charge in [-0.2, -0.15) is 5.10 Å². The molecule has 1 saturated carbocycles. The van der Waals surface area contributed by atoms with E-state index in [1.54, 1.807) is 6.33 Å². The molecule has 2 aromatic carbocycles. The molecule has 2 fully saturated rings. The number of nitrogens with two attached hydrogens (primary N) is 1. The van der Waals surface area contributed by atoms with Gasteiger partial charge >= 0.3 is 0 Å². The van der Waals surface area contributed by atoms with Crippen molar-refractivity contribution in [1.82, 2.24) is 34.5 Å². The summed E-state index contributed by atoms with van der Waals surface area (Å²) < 4.78 is 2.13. The van der Waals surface area contributed by atoms with Gasteiger partial charge in [0.2, 0.25) is 0 Å². The molecule has 2 aliphatic rings. The third kappa shape index (κ3) is 5.40. The Morgan fingerprint density at radius 3 is 2.48 bits per heavy atom. The third-order valence-electron chi connectivity index (χ3n) is 9.27. The van der Waals surface area contributed by atoms with E-state index in [4.69, 9.17) is 15.9 Å². The highest BCUT2D eigenvalue weighted by atomic mass is 16.3. The molecule has 0 unspecified atom stereocenters. The molecule has 0 spiro atoms. The van der Waals surface area contributed by atoms with Crippen LogP contribution in [-0.2, 0) is 6.42 Å². The van der Waals surface area contributed by atoms with Crippen molar-refractivity contribution in [3.8, 4) is 11.3 Å². The van der Waals surface area contributed by atoms with Crippen molar-refractivity contribution in [2.24, 2.45) is 0 Å². The van der Waals surface area contributed by atoms with Gasteiger partial charge in [-0.05, 0) is 55.9 Å². The predicted molar refractivity (Wildman–Crippen MR) is 167 cm³/mol. The van der Waals surface area contributed by atoms with Crippen molar-refractivity contribution in [2.45, 2.75) is 50.6 Å². The quantitative estimate of drug-likeness (QED) is 0.252. The number of piperazine rings is 1. The Morgan fingerprint density at radius 1 is 0.905 bits per heavy atom. The standard InChI is InChI=1S/C33H40N8O/c34-32-30-31(24-7-12-29-25(20-24)21-26(37-29)19-23-5-2-1-3-6-23)38-41(33(30)36-22-35-32)28-10-8-27(9-11-28)40-16-14-39(15-17-40)13-4-18-42/h1-3,5-7,12,20-22,27-28,37,42H,4,8-11,13-19H2,(H2,34,35,36)/t27-,28+. The lowest BCUT2D eigenvalue weighted by molar-refractivity contribution is 0.0680. The normalized spacial score (nSPS) is 20.5. The molecule has 4 N–H and O–H groups in total. The summed E-state index contributed by atoms with van der Waals surface area (Å²) in [5, 5.41) is 16.3. The van der Waals surface area contributed by atoms with Crippen molar-refractivity contribution >= 4 is 27.8 Å². The summed E-state index contributed by atoms with van der Waals surface area (Å²) in [7, 11) is 0. The molecule has 1 aliphatic carbocycles. The van der Waals surface area contributed by atoms with Crippen LogP contribution in [-0.4, -0.2) is 85.0 Å². The summed E-state index contributed by atoms with van der Waals surface area (Å²) in [5.41, 5.74) is 12.8. The van der Waals surface area contributed by atoms with Crippen LogP contribution in [0, 0.1) is 0 Å². The lowest BCUT2D eigenvalue weighted by atomic mass is 9.90. The number of hydrogen-bond acceptors (Lipinski definition) is 7. The molecule has 9 heteroatoms. The largest absolute Gasteiger partial charge is 0.396 e. The molecule has 218 valence electrons. The maximum atomic E-state index is 9.15. The second-order valence-corrected chi connectivity index (χ2v) is 11.9. The topological polar surface area (TPSA) is 112 Å². The predicted octanol–water partition coefficient (Wildman–Crippen LogP) is 4.63. The van der Waals surface area contributed by atoms with Crippen LogP contribution < -0.4 is 5.73 Å². The zero-order valence-corrected chi connectivity index (χ0v) is 24.1. The summed E-state index contributed by atoms with van der Waals surface area (Å²) in [6, 6.07) is 20.2. The molecule has 5 aromatic rings. The SMILES string of the molecule is Nc1ncnc2c1c(-c1ccc3[nH]c(Cc4ccccc4)cc3c1)nn2[C@H]1CC[C@@H](N2CCN(CCCO)CC2)CC1. The Kier molecular flexibility index (Phi) is 7.63. The van der Waals surface area contributed by atoms with Crippen LogP contribution >= 0.6 is 0 Å². The van der Waals surface area contributed by atoms with Crippen LogP contribution in [0.2, 0.25) is 0 Å². The number of nitrogens with one attached hydrogen (secondary N) is 1. The number of fused-ring (bicyclic) bond motifs is 2. The Labute approximate surface area is 246 Å². The molecule has 0 amide bonds. The number of benzene rings is 2. The monoisotopic (exact) mass is 564 g/mol. The van der Waals surface area contributed by atoms with Crippen LogP contribution in [0.15, 0.2) is 60.9 Å². The van der Waals surface area contributed by atoms with Crippen molar-refractivity contribution in [3.05, 3.63) is 72.2 Å². The average Bonchev–Trinajstić information content (AvgIpc) is 3.62. The lowest BCUT2D eigenvalue weighted by Gasteiger charge is -2.42. The van der Waals surface area contributed by atoms with E-state index in [-0.39, 0.29) is 6.61 Å². The van der Waals surface area contributed by atoms with Crippen molar-refractivity contribution in [1.29, 1.82) is 0 Å². The Balaban J connectivity index is 1.10. The maximum Gasteiger partial charge on any atom is 0.164 e. The molecule has 0 atom stereocenters. The highest BCUT2D eigenvalue weighted by Gasteiger charge is 2.31. The average molecular weight is 565 g/mol. The lowest BCUT2D eigenvalue weighted by Crippen LogP contribution is -2.51. The number of aliphatic hydroxyl groups excluding tert-OH is 1. The van der Waals surface area contributed by atoms with Gasteiger partial charge in [-0.1, -0.05) is 36.4 Å². The first kappa shape index (κ1) is 27.1. The molecule has 7 rings (SSSR count). The minimum absolute atomic E-state index is 0.279. The first-order valence-corrected chi connectivity index (χ1v) is 15.4. The van der Waals surface area contributed by atoms with Crippen LogP contribution in [0.4, 0.5) is 5.82 Å². The summed E-state index contributed by atoms with van der Waals surface area (Å²) in [6.07, 6.45) is 7.78. The Bertz CT molecular complexity index is 1650. The molecule has 0 bridgehead atoms. The van der Waals surface area contributed by atoms with E-state index in [1.165, 1.54) is 11.3 Å². The number of aliphatic hydroxyl groups is 1. The molecular weight excluding hydrogens is 524 g/mol. The van der Waals surface area contributed by atoms with Crippen molar-refractivity contribution in [3.63, 3.8) is 0 Å². The number of nitrogens with zero attached hydrogens (tertiary/aromatic N) is 6. The fraction of sp³-hybridized carbons (Fsp3) is 0.424. The molecule has 1 saturated heterocycles. The highest BCUT2D eigenvalue weighted by Crippen LogP contribution is 2.38. The van der Waals surface area contributed by atoms with E-state index >= 15 is 0 Å². The van der Waals surface area contributed by atoms with E-state index in [0.29, 0.717) is 17.9 Å². The molecule has 3 aromatic heterocycles. The van der Waals surface area contributed by atoms with Gasteiger partial charge in [0.25, 0.3) is 0 Å². The first-order valence-electron chi connectivity index (χ1n) is 15.4. The fourth-order valence-electron chi connectivity index (χ4n) is 7.02. The number of aromatic nitrogens is 5. The first-order chi connectivity index (χ1) is 20.7. The van der Waals surface area contributed by atoms with E-state index in [1.807, 2.05) is 0 Å². The minimum atomic E-state index is 0.279. The summed E-state index contributed by atoms with van der Waals surface area (Å²) in [6.45, 7) is 5.72. The number of hydrogen-bond donors (Lipinski definition) is 3. The Morgan fingerprint density at radius 2 is 1.69 bits per heavy atom. The number of aromatic amines is 1. The molecule has 9 nitrogen and oxygen atoms in total. The number of nitrogen functional groups attached to an aromatic ring is 1. The van der Waals surface area contributed by atoms with Crippen molar-refractivity contribution < 1.29 is 5.11 Å². The minimum Gasteiger partial charge on any atom is -0.396 e. The smallest absolute Gasteiger partial charge is 0.164 e. The van der Waals surface area contributed by atoms with Crippen LogP contribution in [0.25, 0.3) is 33.2 Å². The van der Waals surface area contributed by atoms with E-state index in [0.717, 1.165) is 104 Å². The van der Waals surface area contributed by atoms with Crippen LogP contribution in [0.3, 0.4) is 0 Å². The second-order valence-electron chi connectivity index (χ2n) is 11.9. The van der Waals surface area contributed by atoms with Gasteiger partial charge in [0.05, 0.1) is 11.4 Å². The Hall–Kier alpha value is -3.79.